The van der Waals surface area contributed by atoms with Crippen LogP contribution in [0.5, 0.6) is 0 Å². The van der Waals surface area contributed by atoms with Crippen molar-refractivity contribution in [1.29, 1.82) is 5.26 Å². The van der Waals surface area contributed by atoms with Gasteiger partial charge in [-0.1, -0.05) is 30.3 Å². The van der Waals surface area contributed by atoms with E-state index in [1.165, 1.54) is 18.5 Å². The highest BCUT2D eigenvalue weighted by Gasteiger charge is 2.19. The standard InChI is InChI=1S/C22H17FN6/c1-13(29-22-18(10-24)21(25)27-12-28-22)20-19(14-5-3-2-4-6-14)17-9-16(23)8-7-15(17)11-26-20/h2-9,11-13H,1H3,(H3,25,27,28,29). The van der Waals surface area contributed by atoms with Crippen molar-refractivity contribution >= 4 is 22.4 Å². The van der Waals surface area contributed by atoms with Crippen molar-refractivity contribution in [2.75, 3.05) is 11.1 Å². The number of hydrogen-bond acceptors (Lipinski definition) is 6. The van der Waals surface area contributed by atoms with Crippen LogP contribution in [-0.2, 0) is 0 Å². The van der Waals surface area contributed by atoms with Crippen LogP contribution in [0.3, 0.4) is 0 Å². The average molecular weight is 384 g/mol. The van der Waals surface area contributed by atoms with E-state index >= 15 is 0 Å². The molecular formula is C22H17FN6. The van der Waals surface area contributed by atoms with E-state index in [2.05, 4.69) is 20.3 Å². The second-order valence-electron chi connectivity index (χ2n) is 6.58. The molecule has 0 aliphatic rings. The number of halogens is 1. The van der Waals surface area contributed by atoms with Crippen LogP contribution in [0.4, 0.5) is 16.0 Å². The molecule has 2 aromatic heterocycles. The predicted octanol–water partition coefficient (Wildman–Crippen LogP) is 4.46. The highest BCUT2D eigenvalue weighted by molar-refractivity contribution is 5.97. The Morgan fingerprint density at radius 3 is 2.66 bits per heavy atom. The quantitative estimate of drug-likeness (QED) is 0.539. The first kappa shape index (κ1) is 18.3. The van der Waals surface area contributed by atoms with Crippen LogP contribution in [0.1, 0.15) is 24.2 Å². The minimum atomic E-state index is -0.334. The maximum Gasteiger partial charge on any atom is 0.150 e. The van der Waals surface area contributed by atoms with Gasteiger partial charge in [0.1, 0.15) is 35.4 Å². The molecule has 4 rings (SSSR count). The van der Waals surface area contributed by atoms with Crippen molar-refractivity contribution in [1.82, 2.24) is 15.0 Å². The maximum atomic E-state index is 14.1. The average Bonchev–Trinajstić information content (AvgIpc) is 2.73. The van der Waals surface area contributed by atoms with Crippen molar-refractivity contribution in [2.45, 2.75) is 13.0 Å². The van der Waals surface area contributed by atoms with Crippen LogP contribution >= 0.6 is 0 Å². The molecule has 2 heterocycles. The van der Waals surface area contributed by atoms with E-state index in [1.54, 1.807) is 12.3 Å². The number of rotatable bonds is 4. The molecular weight excluding hydrogens is 367 g/mol. The van der Waals surface area contributed by atoms with Crippen LogP contribution in [0.2, 0.25) is 0 Å². The van der Waals surface area contributed by atoms with Gasteiger partial charge in [0.2, 0.25) is 0 Å². The molecule has 3 N–H and O–H groups in total. The molecule has 0 spiro atoms. The van der Waals surface area contributed by atoms with Gasteiger partial charge in [0, 0.05) is 17.1 Å². The van der Waals surface area contributed by atoms with Crippen LogP contribution in [0, 0.1) is 17.1 Å². The van der Waals surface area contributed by atoms with Crippen molar-refractivity contribution in [3.63, 3.8) is 0 Å². The molecule has 0 aliphatic carbocycles. The smallest absolute Gasteiger partial charge is 0.150 e. The number of fused-ring (bicyclic) bond motifs is 1. The van der Waals surface area contributed by atoms with E-state index in [0.29, 0.717) is 11.5 Å². The minimum absolute atomic E-state index is 0.106. The normalized spacial score (nSPS) is 11.8. The highest BCUT2D eigenvalue weighted by atomic mass is 19.1. The minimum Gasteiger partial charge on any atom is -0.382 e. The first-order valence-electron chi connectivity index (χ1n) is 8.99. The van der Waals surface area contributed by atoms with Crippen LogP contribution < -0.4 is 11.1 Å². The number of hydrogen-bond donors (Lipinski definition) is 2. The van der Waals surface area contributed by atoms with Crippen molar-refractivity contribution in [2.24, 2.45) is 0 Å². The largest absolute Gasteiger partial charge is 0.382 e. The number of nitriles is 1. The summed E-state index contributed by atoms with van der Waals surface area (Å²) in [5.74, 6) is 0.115. The summed E-state index contributed by atoms with van der Waals surface area (Å²) in [6.07, 6.45) is 3.01. The number of nitrogens with zero attached hydrogens (tertiary/aromatic N) is 4. The zero-order valence-corrected chi connectivity index (χ0v) is 15.6. The lowest BCUT2D eigenvalue weighted by atomic mass is 9.94. The molecule has 1 atom stereocenters. The molecule has 0 aliphatic heterocycles. The van der Waals surface area contributed by atoms with Gasteiger partial charge in [-0.15, -0.1) is 0 Å². The van der Waals surface area contributed by atoms with Gasteiger partial charge in [-0.05, 0) is 36.1 Å². The summed E-state index contributed by atoms with van der Waals surface area (Å²) in [4.78, 5) is 12.6. The van der Waals surface area contributed by atoms with Gasteiger partial charge in [0.25, 0.3) is 0 Å². The lowest BCUT2D eigenvalue weighted by Crippen LogP contribution is -2.13. The SMILES string of the molecule is CC(Nc1ncnc(N)c1C#N)c1ncc2ccc(F)cc2c1-c1ccccc1. The van der Waals surface area contributed by atoms with Gasteiger partial charge in [-0.3, -0.25) is 4.98 Å². The molecule has 0 bridgehead atoms. The molecule has 29 heavy (non-hydrogen) atoms. The Hall–Kier alpha value is -4.05. The Morgan fingerprint density at radius 1 is 1.10 bits per heavy atom. The van der Waals surface area contributed by atoms with Gasteiger partial charge < -0.3 is 11.1 Å². The molecule has 6 nitrogen and oxygen atoms in total. The summed E-state index contributed by atoms with van der Waals surface area (Å²) in [6, 6.07) is 16.0. The first-order valence-corrected chi connectivity index (χ1v) is 8.99. The summed E-state index contributed by atoms with van der Waals surface area (Å²) in [5, 5.41) is 14.2. The zero-order chi connectivity index (χ0) is 20.4. The second kappa shape index (κ2) is 7.52. The number of nitrogens with one attached hydrogen (secondary N) is 1. The zero-order valence-electron chi connectivity index (χ0n) is 15.6. The molecule has 0 saturated carbocycles. The number of nitrogen functional groups attached to an aromatic ring is 1. The molecule has 0 saturated heterocycles. The van der Waals surface area contributed by atoms with Gasteiger partial charge in [0.15, 0.2) is 0 Å². The number of pyridine rings is 1. The summed E-state index contributed by atoms with van der Waals surface area (Å²) in [5.41, 5.74) is 8.41. The number of benzene rings is 2. The molecule has 2 aromatic carbocycles. The van der Waals surface area contributed by atoms with Crippen molar-refractivity contribution in [3.05, 3.63) is 78.1 Å². The van der Waals surface area contributed by atoms with Gasteiger partial charge in [0.05, 0.1) is 11.7 Å². The molecule has 142 valence electrons. The van der Waals surface area contributed by atoms with E-state index in [0.717, 1.165) is 21.9 Å². The summed E-state index contributed by atoms with van der Waals surface area (Å²) >= 11 is 0. The van der Waals surface area contributed by atoms with Gasteiger partial charge in [-0.2, -0.15) is 5.26 Å². The third-order valence-corrected chi connectivity index (χ3v) is 4.70. The van der Waals surface area contributed by atoms with E-state index in [4.69, 9.17) is 5.73 Å². The van der Waals surface area contributed by atoms with Crippen LogP contribution in [0.15, 0.2) is 61.1 Å². The maximum absolute atomic E-state index is 14.1. The van der Waals surface area contributed by atoms with Gasteiger partial charge in [-0.25, -0.2) is 14.4 Å². The van der Waals surface area contributed by atoms with Crippen molar-refractivity contribution < 1.29 is 4.39 Å². The molecule has 0 amide bonds. The Labute approximate surface area is 166 Å². The third-order valence-electron chi connectivity index (χ3n) is 4.70. The molecule has 4 aromatic rings. The van der Waals surface area contributed by atoms with Crippen LogP contribution in [0.25, 0.3) is 21.9 Å². The van der Waals surface area contributed by atoms with Crippen LogP contribution in [-0.4, -0.2) is 15.0 Å². The number of nitrogens with two attached hydrogens (primary N) is 1. The molecule has 0 radical (unpaired) electrons. The lowest BCUT2D eigenvalue weighted by Gasteiger charge is -2.20. The van der Waals surface area contributed by atoms with E-state index in [1.807, 2.05) is 43.3 Å². The Kier molecular flexibility index (Phi) is 4.75. The molecule has 7 heteroatoms. The number of aromatic nitrogens is 3. The molecule has 1 unspecified atom stereocenters. The summed E-state index contributed by atoms with van der Waals surface area (Å²) in [6.45, 7) is 1.90. The second-order valence-corrected chi connectivity index (χ2v) is 6.58. The highest BCUT2D eigenvalue weighted by Crippen LogP contribution is 2.35. The summed E-state index contributed by atoms with van der Waals surface area (Å²) < 4.78 is 14.1. The predicted molar refractivity (Wildman–Crippen MR) is 110 cm³/mol. The molecule has 0 fully saturated rings. The fourth-order valence-electron chi connectivity index (χ4n) is 3.33. The van der Waals surface area contributed by atoms with E-state index in [9.17, 15) is 9.65 Å². The Balaban J connectivity index is 1.88. The Bertz CT molecular complexity index is 1230. The Morgan fingerprint density at radius 2 is 1.90 bits per heavy atom. The lowest BCUT2D eigenvalue weighted by molar-refractivity contribution is 0.629. The first-order chi connectivity index (χ1) is 14.1. The monoisotopic (exact) mass is 384 g/mol. The van der Waals surface area contributed by atoms with E-state index in [-0.39, 0.29) is 23.2 Å². The topological polar surface area (TPSA) is 101 Å². The fraction of sp³-hybridized carbons (Fsp3) is 0.0909. The number of anilines is 2. The fourth-order valence-corrected chi connectivity index (χ4v) is 3.33. The third kappa shape index (κ3) is 3.44. The van der Waals surface area contributed by atoms with Crippen molar-refractivity contribution in [3.8, 4) is 17.2 Å². The van der Waals surface area contributed by atoms with E-state index < -0.39 is 0 Å². The van der Waals surface area contributed by atoms with Gasteiger partial charge >= 0.3 is 0 Å². The summed E-state index contributed by atoms with van der Waals surface area (Å²) in [7, 11) is 0.